The van der Waals surface area contributed by atoms with Crippen molar-refractivity contribution in [2.45, 2.75) is 20.1 Å². The molecule has 1 saturated heterocycles. The highest BCUT2D eigenvalue weighted by Gasteiger charge is 2.16. The van der Waals surface area contributed by atoms with Crippen molar-refractivity contribution in [3.05, 3.63) is 64.2 Å². The molecular formula is C23H26FN3O. The monoisotopic (exact) mass is 379 g/mol. The summed E-state index contributed by atoms with van der Waals surface area (Å²) in [6, 6.07) is 10.7. The first-order valence-corrected chi connectivity index (χ1v) is 9.47. The molecule has 1 aliphatic rings. The van der Waals surface area contributed by atoms with Crippen molar-refractivity contribution >= 4 is 11.6 Å². The molecule has 1 heterocycles. The number of carbonyl (C=O) groups is 1. The lowest BCUT2D eigenvalue weighted by Gasteiger charge is -2.32. The van der Waals surface area contributed by atoms with Crippen LogP contribution in [-0.4, -0.2) is 48.9 Å². The summed E-state index contributed by atoms with van der Waals surface area (Å²) in [4.78, 5) is 17.2. The van der Waals surface area contributed by atoms with Gasteiger partial charge >= 0.3 is 0 Å². The van der Waals surface area contributed by atoms with Crippen LogP contribution >= 0.6 is 0 Å². The second kappa shape index (κ2) is 9.01. The standard InChI is InChI=1S/C23H26FN3O/c1-4-18-13-19(6-5-17(18)2)23(28)25-22-8-7-20(21(14-22)15-24)16-27-11-9-26(3)10-12-27/h1,5-8,13-14H,9-12,15-16H2,2-3H3,(H,25,28). The minimum atomic E-state index is -0.557. The number of nitrogens with zero attached hydrogens (tertiary/aromatic N) is 2. The SMILES string of the molecule is C#Cc1cc(C(=O)Nc2ccc(CN3CCN(C)CC3)c(CF)c2)ccc1C. The third-order valence-electron chi connectivity index (χ3n) is 5.25. The molecule has 28 heavy (non-hydrogen) atoms. The van der Waals surface area contributed by atoms with E-state index in [4.69, 9.17) is 6.42 Å². The number of amides is 1. The van der Waals surface area contributed by atoms with Gasteiger partial charge in [-0.25, -0.2) is 4.39 Å². The van der Waals surface area contributed by atoms with E-state index < -0.39 is 6.67 Å². The molecule has 0 saturated carbocycles. The minimum Gasteiger partial charge on any atom is -0.322 e. The van der Waals surface area contributed by atoms with E-state index in [9.17, 15) is 9.18 Å². The Morgan fingerprint density at radius 1 is 1.14 bits per heavy atom. The van der Waals surface area contributed by atoms with E-state index in [-0.39, 0.29) is 5.91 Å². The quantitative estimate of drug-likeness (QED) is 0.809. The summed E-state index contributed by atoms with van der Waals surface area (Å²) < 4.78 is 13.6. The summed E-state index contributed by atoms with van der Waals surface area (Å²) in [5, 5.41) is 2.85. The van der Waals surface area contributed by atoms with Gasteiger partial charge in [0.1, 0.15) is 6.67 Å². The molecule has 0 atom stereocenters. The molecule has 2 aromatic carbocycles. The van der Waals surface area contributed by atoms with E-state index in [1.165, 1.54) is 0 Å². The highest BCUT2D eigenvalue weighted by molar-refractivity contribution is 6.04. The minimum absolute atomic E-state index is 0.256. The van der Waals surface area contributed by atoms with E-state index in [2.05, 4.69) is 28.1 Å². The Bertz CT molecular complexity index is 895. The van der Waals surface area contributed by atoms with Gasteiger partial charge < -0.3 is 10.2 Å². The maximum Gasteiger partial charge on any atom is 0.255 e. The first-order chi connectivity index (χ1) is 13.5. The lowest BCUT2D eigenvalue weighted by atomic mass is 10.0. The lowest BCUT2D eigenvalue weighted by molar-refractivity contribution is 0.102. The second-order valence-electron chi connectivity index (χ2n) is 7.32. The molecule has 3 rings (SSSR count). The van der Waals surface area contributed by atoms with E-state index in [0.717, 1.165) is 43.9 Å². The molecule has 0 unspecified atom stereocenters. The Kier molecular flexibility index (Phi) is 6.45. The molecule has 0 spiro atoms. The fourth-order valence-corrected chi connectivity index (χ4v) is 3.35. The van der Waals surface area contributed by atoms with E-state index in [1.54, 1.807) is 18.2 Å². The number of nitrogens with one attached hydrogen (secondary N) is 1. The molecule has 2 aromatic rings. The van der Waals surface area contributed by atoms with Crippen molar-refractivity contribution in [1.82, 2.24) is 9.80 Å². The summed E-state index contributed by atoms with van der Waals surface area (Å²) in [5.41, 5.74) is 4.30. The van der Waals surface area contributed by atoms with Crippen LogP contribution in [0.4, 0.5) is 10.1 Å². The van der Waals surface area contributed by atoms with Gasteiger partial charge in [-0.3, -0.25) is 9.69 Å². The van der Waals surface area contributed by atoms with Crippen LogP contribution in [0, 0.1) is 19.3 Å². The molecule has 0 bridgehead atoms. The van der Waals surface area contributed by atoms with E-state index in [0.29, 0.717) is 22.4 Å². The van der Waals surface area contributed by atoms with Crippen LogP contribution in [0.1, 0.15) is 32.6 Å². The summed E-state index contributed by atoms with van der Waals surface area (Å²) >= 11 is 0. The van der Waals surface area contributed by atoms with Crippen LogP contribution in [0.5, 0.6) is 0 Å². The van der Waals surface area contributed by atoms with Crippen molar-refractivity contribution in [2.75, 3.05) is 38.5 Å². The number of halogens is 1. The van der Waals surface area contributed by atoms with Gasteiger partial charge in [-0.2, -0.15) is 0 Å². The van der Waals surface area contributed by atoms with Gasteiger partial charge in [0.25, 0.3) is 5.91 Å². The first-order valence-electron chi connectivity index (χ1n) is 9.47. The third-order valence-corrected chi connectivity index (χ3v) is 5.25. The Labute approximate surface area is 166 Å². The molecule has 0 aromatic heterocycles. The smallest absolute Gasteiger partial charge is 0.255 e. The van der Waals surface area contributed by atoms with Gasteiger partial charge in [-0.05, 0) is 54.9 Å². The van der Waals surface area contributed by atoms with Crippen molar-refractivity contribution in [3.63, 3.8) is 0 Å². The van der Waals surface area contributed by atoms with Crippen LogP contribution in [-0.2, 0) is 13.2 Å². The molecule has 1 N–H and O–H groups in total. The number of rotatable bonds is 5. The highest BCUT2D eigenvalue weighted by atomic mass is 19.1. The fourth-order valence-electron chi connectivity index (χ4n) is 3.35. The molecule has 1 aliphatic heterocycles. The predicted molar refractivity (Wildman–Crippen MR) is 111 cm³/mol. The number of aryl methyl sites for hydroxylation is 1. The topological polar surface area (TPSA) is 35.6 Å². The summed E-state index contributed by atoms with van der Waals surface area (Å²) in [6.07, 6.45) is 5.48. The second-order valence-corrected chi connectivity index (χ2v) is 7.32. The number of likely N-dealkylation sites (N-methyl/N-ethyl adjacent to an activating group) is 1. The number of terminal acetylenes is 1. The summed E-state index contributed by atoms with van der Waals surface area (Å²) in [6.45, 7) is 6.08. The van der Waals surface area contributed by atoms with Gasteiger partial charge in [-0.1, -0.05) is 18.1 Å². The summed E-state index contributed by atoms with van der Waals surface area (Å²) in [5.74, 6) is 2.33. The third kappa shape index (κ3) is 4.78. The maximum absolute atomic E-state index is 13.6. The molecular weight excluding hydrogens is 353 g/mol. The Morgan fingerprint density at radius 3 is 2.57 bits per heavy atom. The van der Waals surface area contributed by atoms with Gasteiger partial charge in [0.15, 0.2) is 0 Å². The number of benzene rings is 2. The number of hydrogen-bond donors (Lipinski definition) is 1. The lowest BCUT2D eigenvalue weighted by Crippen LogP contribution is -2.44. The van der Waals surface area contributed by atoms with E-state index in [1.807, 2.05) is 25.1 Å². The Hall–Kier alpha value is -2.68. The van der Waals surface area contributed by atoms with Gasteiger partial charge in [0, 0.05) is 49.5 Å². The fraction of sp³-hybridized carbons (Fsp3) is 0.348. The van der Waals surface area contributed by atoms with Crippen molar-refractivity contribution in [2.24, 2.45) is 0 Å². The number of alkyl halides is 1. The Balaban J connectivity index is 1.71. The van der Waals surface area contributed by atoms with Crippen LogP contribution in [0.15, 0.2) is 36.4 Å². The van der Waals surface area contributed by atoms with Crippen LogP contribution in [0.3, 0.4) is 0 Å². The number of anilines is 1. The number of carbonyl (C=O) groups excluding carboxylic acids is 1. The van der Waals surface area contributed by atoms with Crippen molar-refractivity contribution in [3.8, 4) is 12.3 Å². The average molecular weight is 379 g/mol. The molecule has 5 heteroatoms. The van der Waals surface area contributed by atoms with Crippen LogP contribution < -0.4 is 5.32 Å². The highest BCUT2D eigenvalue weighted by Crippen LogP contribution is 2.21. The molecule has 4 nitrogen and oxygen atoms in total. The van der Waals surface area contributed by atoms with Crippen molar-refractivity contribution < 1.29 is 9.18 Å². The predicted octanol–water partition coefficient (Wildman–Crippen LogP) is 3.45. The average Bonchev–Trinajstić information content (AvgIpc) is 2.71. The van der Waals surface area contributed by atoms with Crippen LogP contribution in [0.25, 0.3) is 0 Å². The first kappa shape index (κ1) is 20.1. The van der Waals surface area contributed by atoms with Crippen LogP contribution in [0.2, 0.25) is 0 Å². The molecule has 1 fully saturated rings. The molecule has 1 amide bonds. The largest absolute Gasteiger partial charge is 0.322 e. The Morgan fingerprint density at radius 2 is 1.89 bits per heavy atom. The zero-order valence-electron chi connectivity index (χ0n) is 16.5. The maximum atomic E-state index is 13.6. The normalized spacial score (nSPS) is 15.2. The molecule has 0 radical (unpaired) electrons. The molecule has 146 valence electrons. The zero-order valence-corrected chi connectivity index (χ0v) is 16.5. The molecule has 0 aliphatic carbocycles. The van der Waals surface area contributed by atoms with E-state index >= 15 is 0 Å². The zero-order chi connectivity index (χ0) is 20.1. The van der Waals surface area contributed by atoms with Gasteiger partial charge in [-0.15, -0.1) is 6.42 Å². The summed E-state index contributed by atoms with van der Waals surface area (Å²) in [7, 11) is 2.11. The number of hydrogen-bond acceptors (Lipinski definition) is 3. The van der Waals surface area contributed by atoms with Gasteiger partial charge in [0.05, 0.1) is 0 Å². The number of piperazine rings is 1. The van der Waals surface area contributed by atoms with Crippen molar-refractivity contribution in [1.29, 1.82) is 0 Å². The van der Waals surface area contributed by atoms with Gasteiger partial charge in [0.2, 0.25) is 0 Å².